The molecule has 0 spiro atoms. The van der Waals surface area contributed by atoms with Gasteiger partial charge in [-0.1, -0.05) is 13.3 Å². The number of carbonyl (C=O) groups is 2. The predicted octanol–water partition coefficient (Wildman–Crippen LogP) is 1.90. The molecule has 4 nitrogen and oxygen atoms in total. The summed E-state index contributed by atoms with van der Waals surface area (Å²) in [5.41, 5.74) is 2.14. The van der Waals surface area contributed by atoms with Gasteiger partial charge in [-0.25, -0.2) is 0 Å². The van der Waals surface area contributed by atoms with Crippen LogP contribution in [-0.4, -0.2) is 28.2 Å². The molecule has 2 heterocycles. The van der Waals surface area contributed by atoms with Gasteiger partial charge in [-0.05, 0) is 36.5 Å². The molecule has 1 aliphatic heterocycles. The van der Waals surface area contributed by atoms with Gasteiger partial charge in [0.25, 0.3) is 0 Å². The predicted molar refractivity (Wildman–Crippen MR) is 70.4 cm³/mol. The lowest BCUT2D eigenvalue weighted by atomic mass is 9.77. The number of imide groups is 1. The van der Waals surface area contributed by atoms with Crippen LogP contribution in [0.1, 0.15) is 43.2 Å². The third-order valence-corrected chi connectivity index (χ3v) is 4.26. The first-order chi connectivity index (χ1) is 9.24. The zero-order valence-electron chi connectivity index (χ0n) is 11.1. The van der Waals surface area contributed by atoms with E-state index >= 15 is 0 Å². The summed E-state index contributed by atoms with van der Waals surface area (Å²) in [5, 5.41) is 0. The fourth-order valence-corrected chi connectivity index (χ4v) is 3.22. The molecule has 1 aromatic rings. The SMILES string of the molecule is CCCCN1C(=O)C2CCc3ccncc3C2C1=O. The van der Waals surface area contributed by atoms with E-state index in [4.69, 9.17) is 0 Å². The lowest BCUT2D eigenvalue weighted by Crippen LogP contribution is -2.31. The van der Waals surface area contributed by atoms with Crippen LogP contribution < -0.4 is 0 Å². The van der Waals surface area contributed by atoms with E-state index in [0.29, 0.717) is 6.54 Å². The molecule has 0 radical (unpaired) electrons. The highest BCUT2D eigenvalue weighted by molar-refractivity contribution is 6.08. The first kappa shape index (κ1) is 12.3. The number of aromatic nitrogens is 1. The molecule has 1 fully saturated rings. The Balaban J connectivity index is 1.94. The Bertz CT molecular complexity index is 527. The molecule has 1 saturated heterocycles. The van der Waals surface area contributed by atoms with Gasteiger partial charge in [0.05, 0.1) is 11.8 Å². The summed E-state index contributed by atoms with van der Waals surface area (Å²) in [6, 6.07) is 1.97. The zero-order valence-corrected chi connectivity index (χ0v) is 11.1. The van der Waals surface area contributed by atoms with Crippen molar-refractivity contribution in [3.8, 4) is 0 Å². The number of rotatable bonds is 3. The number of pyridine rings is 1. The highest BCUT2D eigenvalue weighted by atomic mass is 16.2. The Morgan fingerprint density at radius 2 is 2.21 bits per heavy atom. The number of unbranched alkanes of at least 4 members (excludes halogenated alkanes) is 1. The van der Waals surface area contributed by atoms with Gasteiger partial charge in [0, 0.05) is 18.9 Å². The summed E-state index contributed by atoms with van der Waals surface area (Å²) in [6.07, 6.45) is 7.06. The van der Waals surface area contributed by atoms with Gasteiger partial charge in [0.15, 0.2) is 0 Å². The zero-order chi connectivity index (χ0) is 13.4. The quantitative estimate of drug-likeness (QED) is 0.778. The van der Waals surface area contributed by atoms with Crippen molar-refractivity contribution in [1.82, 2.24) is 9.88 Å². The third-order valence-electron chi connectivity index (χ3n) is 4.26. The van der Waals surface area contributed by atoms with E-state index in [0.717, 1.165) is 31.2 Å². The van der Waals surface area contributed by atoms with Crippen LogP contribution in [-0.2, 0) is 16.0 Å². The molecule has 100 valence electrons. The first-order valence-electron chi connectivity index (χ1n) is 7.02. The maximum Gasteiger partial charge on any atom is 0.237 e. The number of hydrogen-bond donors (Lipinski definition) is 0. The largest absolute Gasteiger partial charge is 0.282 e. The van der Waals surface area contributed by atoms with Crippen molar-refractivity contribution in [2.24, 2.45) is 5.92 Å². The first-order valence-corrected chi connectivity index (χ1v) is 7.02. The molecule has 2 atom stereocenters. The van der Waals surface area contributed by atoms with Gasteiger partial charge in [-0.15, -0.1) is 0 Å². The highest BCUT2D eigenvalue weighted by Crippen LogP contribution is 2.42. The minimum Gasteiger partial charge on any atom is -0.282 e. The van der Waals surface area contributed by atoms with Crippen LogP contribution in [0, 0.1) is 5.92 Å². The van der Waals surface area contributed by atoms with Crippen molar-refractivity contribution in [3.05, 3.63) is 29.6 Å². The van der Waals surface area contributed by atoms with Gasteiger partial charge >= 0.3 is 0 Å². The van der Waals surface area contributed by atoms with E-state index in [1.807, 2.05) is 6.07 Å². The number of aryl methyl sites for hydroxylation is 1. The summed E-state index contributed by atoms with van der Waals surface area (Å²) < 4.78 is 0. The molecule has 2 amide bonds. The van der Waals surface area contributed by atoms with Crippen molar-refractivity contribution < 1.29 is 9.59 Å². The molecule has 0 bridgehead atoms. The van der Waals surface area contributed by atoms with Gasteiger partial charge < -0.3 is 0 Å². The van der Waals surface area contributed by atoms with E-state index in [9.17, 15) is 9.59 Å². The lowest BCUT2D eigenvalue weighted by molar-refractivity contribution is -0.139. The van der Waals surface area contributed by atoms with Crippen molar-refractivity contribution in [2.75, 3.05) is 6.54 Å². The maximum atomic E-state index is 12.5. The van der Waals surface area contributed by atoms with Gasteiger partial charge in [-0.2, -0.15) is 0 Å². The number of carbonyl (C=O) groups excluding carboxylic acids is 2. The average molecular weight is 258 g/mol. The summed E-state index contributed by atoms with van der Waals surface area (Å²) in [6.45, 7) is 2.63. The van der Waals surface area contributed by atoms with E-state index in [1.54, 1.807) is 12.4 Å². The molecule has 0 aromatic carbocycles. The second-order valence-electron chi connectivity index (χ2n) is 5.38. The van der Waals surface area contributed by atoms with Crippen LogP contribution in [0.2, 0.25) is 0 Å². The molecule has 3 rings (SSSR count). The Morgan fingerprint density at radius 1 is 1.37 bits per heavy atom. The van der Waals surface area contributed by atoms with Crippen molar-refractivity contribution in [3.63, 3.8) is 0 Å². The van der Waals surface area contributed by atoms with Crippen LogP contribution in [0.3, 0.4) is 0 Å². The van der Waals surface area contributed by atoms with Gasteiger partial charge in [0.1, 0.15) is 0 Å². The molecule has 19 heavy (non-hydrogen) atoms. The van der Waals surface area contributed by atoms with Crippen molar-refractivity contribution in [1.29, 1.82) is 0 Å². The maximum absolute atomic E-state index is 12.5. The summed E-state index contributed by atoms with van der Waals surface area (Å²) in [4.78, 5) is 30.4. The molecule has 1 aromatic heterocycles. The molecule has 0 N–H and O–H groups in total. The van der Waals surface area contributed by atoms with E-state index in [-0.39, 0.29) is 23.7 Å². The minimum atomic E-state index is -0.276. The number of hydrogen-bond acceptors (Lipinski definition) is 3. The number of amides is 2. The van der Waals surface area contributed by atoms with Crippen LogP contribution in [0.4, 0.5) is 0 Å². The fourth-order valence-electron chi connectivity index (χ4n) is 3.22. The molecule has 1 aliphatic carbocycles. The molecule has 4 heteroatoms. The minimum absolute atomic E-state index is 0.0163. The van der Waals surface area contributed by atoms with Gasteiger partial charge in [0.2, 0.25) is 11.8 Å². The molecule has 0 saturated carbocycles. The number of likely N-dealkylation sites (tertiary alicyclic amines) is 1. The third kappa shape index (κ3) is 1.86. The standard InChI is InChI=1S/C15H18N2O2/c1-2-3-8-17-14(18)11-5-4-10-6-7-16-9-12(10)13(11)15(17)19/h6-7,9,11,13H,2-5,8H2,1H3. The topological polar surface area (TPSA) is 50.3 Å². The molecular formula is C15H18N2O2. The monoisotopic (exact) mass is 258 g/mol. The van der Waals surface area contributed by atoms with Crippen LogP contribution in [0.15, 0.2) is 18.5 Å². The van der Waals surface area contributed by atoms with E-state index < -0.39 is 0 Å². The van der Waals surface area contributed by atoms with E-state index in [1.165, 1.54) is 10.5 Å². The van der Waals surface area contributed by atoms with Crippen molar-refractivity contribution in [2.45, 2.75) is 38.5 Å². The normalized spacial score (nSPS) is 25.4. The number of nitrogens with zero attached hydrogens (tertiary/aromatic N) is 2. The average Bonchev–Trinajstić information content (AvgIpc) is 2.69. The Morgan fingerprint density at radius 3 is 3.00 bits per heavy atom. The van der Waals surface area contributed by atoms with Crippen LogP contribution in [0.5, 0.6) is 0 Å². The lowest BCUT2D eigenvalue weighted by Gasteiger charge is -2.23. The Hall–Kier alpha value is -1.71. The smallest absolute Gasteiger partial charge is 0.237 e. The summed E-state index contributed by atoms with van der Waals surface area (Å²) in [5.74, 6) is -0.418. The molecule has 2 unspecified atom stereocenters. The number of fused-ring (bicyclic) bond motifs is 3. The Kier molecular flexibility index (Phi) is 3.09. The second kappa shape index (κ2) is 4.76. The van der Waals surface area contributed by atoms with Crippen LogP contribution >= 0.6 is 0 Å². The highest BCUT2D eigenvalue weighted by Gasteiger charge is 2.49. The summed E-state index contributed by atoms with van der Waals surface area (Å²) >= 11 is 0. The summed E-state index contributed by atoms with van der Waals surface area (Å²) in [7, 11) is 0. The molecular weight excluding hydrogens is 240 g/mol. The van der Waals surface area contributed by atoms with Crippen molar-refractivity contribution >= 4 is 11.8 Å². The fraction of sp³-hybridized carbons (Fsp3) is 0.533. The van der Waals surface area contributed by atoms with Gasteiger partial charge in [-0.3, -0.25) is 19.5 Å². The Labute approximate surface area is 112 Å². The van der Waals surface area contributed by atoms with E-state index in [2.05, 4.69) is 11.9 Å². The molecule has 2 aliphatic rings. The van der Waals surface area contributed by atoms with Crippen LogP contribution in [0.25, 0.3) is 0 Å². The second-order valence-corrected chi connectivity index (χ2v) is 5.38.